The standard InChI is InChI=1S/C25H34N8O4S/c1-15(2)21-20(22(26)35)29-25(38-21)33(9-7-8-30(3)4)24(37)19-11-17(13-32(19)6)28-23(36)18-10-16(27-14-34)12-31(18)5/h10-15H,7-9H2,1-6H3,(H2,26,35)(H,27,34)(H,28,36). The summed E-state index contributed by atoms with van der Waals surface area (Å²) in [6.07, 6.45) is 4.48. The molecule has 0 aliphatic heterocycles. The molecule has 0 radical (unpaired) electrons. The average Bonchev–Trinajstić information content (AvgIpc) is 3.53. The molecule has 0 aromatic carbocycles. The molecular formula is C25H34N8O4S. The molecular weight excluding hydrogens is 508 g/mol. The number of carbonyl (C=O) groups is 4. The molecule has 38 heavy (non-hydrogen) atoms. The quantitative estimate of drug-likeness (QED) is 0.300. The molecule has 0 saturated heterocycles. The van der Waals surface area contributed by atoms with Crippen LogP contribution in [-0.4, -0.2) is 70.3 Å². The van der Waals surface area contributed by atoms with Gasteiger partial charge < -0.3 is 30.4 Å². The van der Waals surface area contributed by atoms with E-state index in [4.69, 9.17) is 5.73 Å². The number of hydrogen-bond donors (Lipinski definition) is 3. The zero-order valence-corrected chi connectivity index (χ0v) is 23.3. The van der Waals surface area contributed by atoms with E-state index in [-0.39, 0.29) is 17.5 Å². The van der Waals surface area contributed by atoms with E-state index in [1.807, 2.05) is 32.8 Å². The summed E-state index contributed by atoms with van der Waals surface area (Å²) in [5.74, 6) is -1.33. The van der Waals surface area contributed by atoms with Crippen molar-refractivity contribution in [1.82, 2.24) is 19.0 Å². The Morgan fingerprint density at radius 1 is 1.08 bits per heavy atom. The maximum atomic E-state index is 13.8. The minimum atomic E-state index is -0.632. The van der Waals surface area contributed by atoms with Gasteiger partial charge in [0.25, 0.3) is 17.7 Å². The lowest BCUT2D eigenvalue weighted by Crippen LogP contribution is -2.34. The maximum absolute atomic E-state index is 13.8. The van der Waals surface area contributed by atoms with E-state index >= 15 is 0 Å². The van der Waals surface area contributed by atoms with E-state index in [0.29, 0.717) is 47.3 Å². The second kappa shape index (κ2) is 12.0. The minimum absolute atomic E-state index is 0.0130. The highest BCUT2D eigenvalue weighted by Crippen LogP contribution is 2.33. The third-order valence-corrected chi connectivity index (χ3v) is 7.19. The molecule has 0 fully saturated rings. The summed E-state index contributed by atoms with van der Waals surface area (Å²) in [7, 11) is 7.31. The van der Waals surface area contributed by atoms with Crippen LogP contribution in [0.1, 0.15) is 62.5 Å². The number of carbonyl (C=O) groups excluding carboxylic acids is 4. The molecule has 0 aliphatic carbocycles. The van der Waals surface area contributed by atoms with Crippen molar-refractivity contribution in [3.05, 3.63) is 46.5 Å². The fourth-order valence-electron chi connectivity index (χ4n) is 3.95. The van der Waals surface area contributed by atoms with Crippen LogP contribution in [0.4, 0.5) is 16.5 Å². The Bertz CT molecular complexity index is 1340. The van der Waals surface area contributed by atoms with Gasteiger partial charge in [-0.3, -0.25) is 24.1 Å². The van der Waals surface area contributed by atoms with Crippen molar-refractivity contribution < 1.29 is 19.2 Å². The highest BCUT2D eigenvalue weighted by molar-refractivity contribution is 7.16. The third-order valence-electron chi connectivity index (χ3n) is 5.81. The molecule has 0 bridgehead atoms. The molecule has 0 spiro atoms. The Morgan fingerprint density at radius 3 is 2.29 bits per heavy atom. The number of hydrogen-bond acceptors (Lipinski definition) is 7. The summed E-state index contributed by atoms with van der Waals surface area (Å²) in [6, 6.07) is 3.15. The van der Waals surface area contributed by atoms with Crippen LogP contribution >= 0.6 is 11.3 Å². The van der Waals surface area contributed by atoms with Gasteiger partial charge >= 0.3 is 0 Å². The number of amides is 4. The minimum Gasteiger partial charge on any atom is -0.364 e. The first-order valence-electron chi connectivity index (χ1n) is 12.0. The van der Waals surface area contributed by atoms with Crippen molar-refractivity contribution in [2.24, 2.45) is 19.8 Å². The first kappa shape index (κ1) is 28.6. The van der Waals surface area contributed by atoms with Crippen LogP contribution < -0.4 is 21.3 Å². The molecule has 4 amide bonds. The lowest BCUT2D eigenvalue weighted by Gasteiger charge is -2.21. The lowest BCUT2D eigenvalue weighted by atomic mass is 10.1. The summed E-state index contributed by atoms with van der Waals surface area (Å²) >= 11 is 1.28. The second-order valence-electron chi connectivity index (χ2n) is 9.51. The number of primary amides is 1. The van der Waals surface area contributed by atoms with Crippen molar-refractivity contribution in [2.75, 3.05) is 42.7 Å². The smallest absolute Gasteiger partial charge is 0.276 e. The average molecular weight is 543 g/mol. The van der Waals surface area contributed by atoms with Crippen LogP contribution in [0, 0.1) is 0 Å². The SMILES string of the molecule is CC(C)c1sc(N(CCCN(C)C)C(=O)c2cc(NC(=O)c3cc(NC=O)cn3C)cn2C)nc1C(N)=O. The monoisotopic (exact) mass is 542 g/mol. The molecule has 0 unspecified atom stereocenters. The number of rotatable bonds is 12. The number of thiazole rings is 1. The van der Waals surface area contributed by atoms with Gasteiger partial charge in [0.1, 0.15) is 17.1 Å². The predicted octanol–water partition coefficient (Wildman–Crippen LogP) is 2.46. The van der Waals surface area contributed by atoms with Gasteiger partial charge in [-0.05, 0) is 45.1 Å². The first-order chi connectivity index (χ1) is 17.9. The fraction of sp³-hybridized carbons (Fsp3) is 0.400. The normalized spacial score (nSPS) is 11.2. The van der Waals surface area contributed by atoms with Crippen LogP contribution in [0.15, 0.2) is 24.5 Å². The van der Waals surface area contributed by atoms with Gasteiger partial charge in [0.2, 0.25) is 6.41 Å². The van der Waals surface area contributed by atoms with Crippen molar-refractivity contribution in [3.8, 4) is 0 Å². The Hall–Kier alpha value is -3.97. The Balaban J connectivity index is 1.90. The third kappa shape index (κ3) is 6.47. The van der Waals surface area contributed by atoms with Crippen molar-refractivity contribution in [2.45, 2.75) is 26.2 Å². The molecule has 0 saturated carbocycles. The Kier molecular flexibility index (Phi) is 9.07. The molecule has 4 N–H and O–H groups in total. The lowest BCUT2D eigenvalue weighted by molar-refractivity contribution is -0.105. The van der Waals surface area contributed by atoms with Gasteiger partial charge in [0, 0.05) is 37.9 Å². The maximum Gasteiger partial charge on any atom is 0.276 e. The van der Waals surface area contributed by atoms with E-state index in [2.05, 4.69) is 15.6 Å². The summed E-state index contributed by atoms with van der Waals surface area (Å²) < 4.78 is 3.22. The zero-order chi connectivity index (χ0) is 28.1. The highest BCUT2D eigenvalue weighted by atomic mass is 32.1. The van der Waals surface area contributed by atoms with E-state index in [1.165, 1.54) is 11.3 Å². The Morgan fingerprint density at radius 2 is 1.71 bits per heavy atom. The molecule has 0 atom stereocenters. The summed E-state index contributed by atoms with van der Waals surface area (Å²) in [5, 5.41) is 5.72. The molecule has 3 aromatic heterocycles. The summed E-state index contributed by atoms with van der Waals surface area (Å²) in [6.45, 7) is 5.02. The second-order valence-corrected chi connectivity index (χ2v) is 10.5. The number of aryl methyl sites for hydroxylation is 2. The van der Waals surface area contributed by atoms with Crippen molar-refractivity contribution in [1.29, 1.82) is 0 Å². The van der Waals surface area contributed by atoms with Gasteiger partial charge in [-0.25, -0.2) is 4.98 Å². The van der Waals surface area contributed by atoms with Gasteiger partial charge in [-0.15, -0.1) is 11.3 Å². The molecule has 3 rings (SSSR count). The van der Waals surface area contributed by atoms with E-state index in [1.54, 1.807) is 52.7 Å². The van der Waals surface area contributed by atoms with E-state index in [9.17, 15) is 19.2 Å². The first-order valence-corrected chi connectivity index (χ1v) is 12.9. The highest BCUT2D eigenvalue weighted by Gasteiger charge is 2.27. The molecule has 13 heteroatoms. The molecule has 3 aromatic rings. The summed E-state index contributed by atoms with van der Waals surface area (Å²) in [5.41, 5.74) is 7.34. The van der Waals surface area contributed by atoms with Crippen molar-refractivity contribution >= 4 is 52.0 Å². The van der Waals surface area contributed by atoms with E-state index < -0.39 is 11.8 Å². The number of anilines is 3. The van der Waals surface area contributed by atoms with Gasteiger partial charge in [-0.2, -0.15) is 0 Å². The number of nitrogens with one attached hydrogen (secondary N) is 2. The van der Waals surface area contributed by atoms with Gasteiger partial charge in [-0.1, -0.05) is 13.8 Å². The van der Waals surface area contributed by atoms with E-state index in [0.717, 1.165) is 11.4 Å². The largest absolute Gasteiger partial charge is 0.364 e. The van der Waals surface area contributed by atoms with Gasteiger partial charge in [0.15, 0.2) is 5.13 Å². The number of aromatic nitrogens is 3. The number of nitrogens with two attached hydrogens (primary N) is 1. The molecule has 12 nitrogen and oxygen atoms in total. The van der Waals surface area contributed by atoms with Crippen LogP contribution in [0.3, 0.4) is 0 Å². The van der Waals surface area contributed by atoms with Gasteiger partial charge in [0.05, 0.1) is 11.4 Å². The molecule has 0 aliphatic rings. The topological polar surface area (TPSA) is 148 Å². The zero-order valence-electron chi connectivity index (χ0n) is 22.4. The fourth-order valence-corrected chi connectivity index (χ4v) is 5.05. The number of nitrogens with zero attached hydrogens (tertiary/aromatic N) is 5. The van der Waals surface area contributed by atoms with Crippen LogP contribution in [0.2, 0.25) is 0 Å². The summed E-state index contributed by atoms with van der Waals surface area (Å²) in [4.78, 5) is 58.1. The van der Waals surface area contributed by atoms with Crippen LogP contribution in [0.25, 0.3) is 0 Å². The predicted molar refractivity (Wildman–Crippen MR) is 148 cm³/mol. The van der Waals surface area contributed by atoms with Crippen molar-refractivity contribution in [3.63, 3.8) is 0 Å². The molecule has 204 valence electrons. The van der Waals surface area contributed by atoms with Crippen LogP contribution in [0.5, 0.6) is 0 Å². The van der Waals surface area contributed by atoms with Crippen LogP contribution in [-0.2, 0) is 18.9 Å². The Labute approximate surface area is 225 Å². The molecule has 3 heterocycles.